The van der Waals surface area contributed by atoms with E-state index in [2.05, 4.69) is 0 Å². The molecule has 76 valence electrons. The highest BCUT2D eigenvalue weighted by Gasteiger charge is 2.22. The van der Waals surface area contributed by atoms with E-state index in [0.717, 1.165) is 0 Å². The summed E-state index contributed by atoms with van der Waals surface area (Å²) in [5.41, 5.74) is -0.209. The summed E-state index contributed by atoms with van der Waals surface area (Å²) in [6.07, 6.45) is 0. The molecule has 5 heteroatoms. The van der Waals surface area contributed by atoms with Crippen LogP contribution in [0, 0.1) is 11.6 Å². The Hall–Kier alpha value is -0.935. The molecule has 1 aromatic carbocycles. The summed E-state index contributed by atoms with van der Waals surface area (Å²) in [6.45, 7) is 3.46. The minimum atomic E-state index is -1.98. The Labute approximate surface area is 81.3 Å². The molecular weight excluding hydrogens is 189 g/mol. The highest BCUT2D eigenvalue weighted by Crippen LogP contribution is 2.19. The minimum Gasteiger partial charge on any atom is -0.423 e. The lowest BCUT2D eigenvalue weighted by atomic mass is 9.78. The molecule has 0 aromatic heterocycles. The summed E-state index contributed by atoms with van der Waals surface area (Å²) in [6, 6.07) is 2.54. The van der Waals surface area contributed by atoms with Gasteiger partial charge in [-0.25, -0.2) is 8.78 Å². The second-order valence-electron chi connectivity index (χ2n) is 3.40. The van der Waals surface area contributed by atoms with Crippen molar-refractivity contribution in [3.63, 3.8) is 0 Å². The molecule has 0 heterocycles. The Bertz CT molecular complexity index is 307. The molecule has 0 aliphatic rings. The molecule has 0 radical (unpaired) electrons. The lowest BCUT2D eigenvalue weighted by Crippen LogP contribution is -2.33. The fourth-order valence-electron chi connectivity index (χ4n) is 1.22. The Morgan fingerprint density at radius 1 is 1.14 bits per heavy atom. The summed E-state index contributed by atoms with van der Waals surface area (Å²) < 4.78 is 26.5. The molecule has 0 aliphatic carbocycles. The second-order valence-corrected chi connectivity index (χ2v) is 3.40. The highest BCUT2D eigenvalue weighted by atomic mass is 19.2. The largest absolute Gasteiger partial charge is 0.491 e. The molecule has 0 fully saturated rings. The third kappa shape index (κ3) is 1.94. The molecule has 14 heavy (non-hydrogen) atoms. The number of rotatable bonds is 2. The maximum Gasteiger partial charge on any atom is 0.491 e. The number of benzene rings is 1. The van der Waals surface area contributed by atoms with E-state index < -0.39 is 24.2 Å². The Morgan fingerprint density at radius 2 is 1.71 bits per heavy atom. The van der Waals surface area contributed by atoms with Crippen molar-refractivity contribution >= 4 is 12.6 Å². The van der Waals surface area contributed by atoms with Gasteiger partial charge in [0, 0.05) is 5.46 Å². The van der Waals surface area contributed by atoms with Crippen LogP contribution in [0.25, 0.3) is 0 Å². The van der Waals surface area contributed by atoms with Crippen LogP contribution in [-0.4, -0.2) is 17.2 Å². The first kappa shape index (κ1) is 11.1. The smallest absolute Gasteiger partial charge is 0.423 e. The Morgan fingerprint density at radius 3 is 2.14 bits per heavy atom. The number of hydrogen-bond acceptors (Lipinski definition) is 2. The first-order valence-electron chi connectivity index (χ1n) is 4.29. The molecule has 0 spiro atoms. The Balaban J connectivity index is 3.26. The minimum absolute atomic E-state index is 0.144. The SMILES string of the molecule is CC(C)c1ccc(B(O)O)c(F)c1F. The van der Waals surface area contributed by atoms with Crippen molar-refractivity contribution in [3.05, 3.63) is 29.3 Å². The zero-order valence-electron chi connectivity index (χ0n) is 7.96. The van der Waals surface area contributed by atoms with Crippen LogP contribution >= 0.6 is 0 Å². The molecule has 1 aromatic rings. The summed E-state index contributed by atoms with van der Waals surface area (Å²) in [4.78, 5) is 0. The number of halogens is 2. The van der Waals surface area contributed by atoms with Crippen LogP contribution in [0.4, 0.5) is 8.78 Å². The average Bonchev–Trinajstić information content (AvgIpc) is 2.08. The average molecular weight is 200 g/mol. The summed E-state index contributed by atoms with van der Waals surface area (Å²) >= 11 is 0. The van der Waals surface area contributed by atoms with E-state index in [1.54, 1.807) is 13.8 Å². The van der Waals surface area contributed by atoms with Gasteiger partial charge in [0.2, 0.25) is 0 Å². The zero-order chi connectivity index (χ0) is 10.9. The monoisotopic (exact) mass is 200 g/mol. The Kier molecular flexibility index (Phi) is 3.23. The standard InChI is InChI=1S/C9H11BF2O2/c1-5(2)6-3-4-7(10(13)14)9(12)8(6)11/h3-5,13-14H,1-2H3. The fourth-order valence-corrected chi connectivity index (χ4v) is 1.22. The van der Waals surface area contributed by atoms with E-state index in [1.807, 2.05) is 0 Å². The quantitative estimate of drug-likeness (QED) is 0.692. The van der Waals surface area contributed by atoms with Gasteiger partial charge in [-0.2, -0.15) is 0 Å². The van der Waals surface area contributed by atoms with E-state index in [0.29, 0.717) is 0 Å². The van der Waals surface area contributed by atoms with Crippen molar-refractivity contribution < 1.29 is 18.8 Å². The van der Waals surface area contributed by atoms with E-state index in [9.17, 15) is 8.78 Å². The van der Waals surface area contributed by atoms with Gasteiger partial charge in [-0.1, -0.05) is 26.0 Å². The van der Waals surface area contributed by atoms with E-state index in [1.165, 1.54) is 12.1 Å². The van der Waals surface area contributed by atoms with E-state index in [-0.39, 0.29) is 11.5 Å². The molecule has 0 amide bonds. The lowest BCUT2D eigenvalue weighted by Gasteiger charge is -2.10. The lowest BCUT2D eigenvalue weighted by molar-refractivity contribution is 0.419. The molecule has 0 saturated carbocycles. The van der Waals surface area contributed by atoms with E-state index in [4.69, 9.17) is 10.0 Å². The van der Waals surface area contributed by atoms with Gasteiger partial charge in [0.25, 0.3) is 0 Å². The van der Waals surface area contributed by atoms with Crippen molar-refractivity contribution in [2.45, 2.75) is 19.8 Å². The van der Waals surface area contributed by atoms with Crippen molar-refractivity contribution in [1.29, 1.82) is 0 Å². The van der Waals surface area contributed by atoms with Gasteiger partial charge in [0.1, 0.15) is 0 Å². The van der Waals surface area contributed by atoms with Crippen LogP contribution in [0.15, 0.2) is 12.1 Å². The van der Waals surface area contributed by atoms with Gasteiger partial charge in [0.15, 0.2) is 11.6 Å². The van der Waals surface area contributed by atoms with Crippen molar-refractivity contribution in [2.24, 2.45) is 0 Å². The number of hydrogen-bond donors (Lipinski definition) is 2. The van der Waals surface area contributed by atoms with Crippen molar-refractivity contribution in [2.75, 3.05) is 0 Å². The van der Waals surface area contributed by atoms with Gasteiger partial charge < -0.3 is 10.0 Å². The molecule has 0 unspecified atom stereocenters. The summed E-state index contributed by atoms with van der Waals surface area (Å²) in [7, 11) is -1.98. The molecule has 0 saturated heterocycles. The third-order valence-electron chi connectivity index (χ3n) is 2.04. The normalized spacial score (nSPS) is 10.8. The van der Waals surface area contributed by atoms with Crippen molar-refractivity contribution in [1.82, 2.24) is 0 Å². The predicted molar refractivity (Wildman–Crippen MR) is 50.3 cm³/mol. The van der Waals surface area contributed by atoms with Crippen LogP contribution < -0.4 is 5.46 Å². The van der Waals surface area contributed by atoms with Crippen LogP contribution in [0.2, 0.25) is 0 Å². The first-order chi connectivity index (χ1) is 6.45. The summed E-state index contributed by atoms with van der Waals surface area (Å²) in [5.74, 6) is -2.34. The second kappa shape index (κ2) is 4.06. The molecule has 2 N–H and O–H groups in total. The zero-order valence-corrected chi connectivity index (χ0v) is 7.96. The molecule has 2 nitrogen and oxygen atoms in total. The fraction of sp³-hybridized carbons (Fsp3) is 0.333. The highest BCUT2D eigenvalue weighted by molar-refractivity contribution is 6.58. The van der Waals surface area contributed by atoms with Gasteiger partial charge in [0.05, 0.1) is 0 Å². The van der Waals surface area contributed by atoms with E-state index >= 15 is 0 Å². The summed E-state index contributed by atoms with van der Waals surface area (Å²) in [5, 5.41) is 17.4. The predicted octanol–water partition coefficient (Wildman–Crippen LogP) is 0.768. The molecule has 0 bridgehead atoms. The van der Waals surface area contributed by atoms with Crippen LogP contribution in [0.1, 0.15) is 25.3 Å². The van der Waals surface area contributed by atoms with Crippen molar-refractivity contribution in [3.8, 4) is 0 Å². The maximum atomic E-state index is 13.3. The van der Waals surface area contributed by atoms with Gasteiger partial charge in [-0.3, -0.25) is 0 Å². The molecular formula is C9H11BF2O2. The third-order valence-corrected chi connectivity index (χ3v) is 2.04. The molecule has 0 atom stereocenters. The van der Waals surface area contributed by atoms with Gasteiger partial charge >= 0.3 is 7.12 Å². The van der Waals surface area contributed by atoms with Gasteiger partial charge in [-0.15, -0.1) is 0 Å². The first-order valence-corrected chi connectivity index (χ1v) is 4.29. The molecule has 0 aliphatic heterocycles. The van der Waals surface area contributed by atoms with Gasteiger partial charge in [-0.05, 0) is 11.5 Å². The maximum absolute atomic E-state index is 13.3. The molecule has 1 rings (SSSR count). The van der Waals surface area contributed by atoms with Crippen LogP contribution in [-0.2, 0) is 0 Å². The topological polar surface area (TPSA) is 40.5 Å². The van der Waals surface area contributed by atoms with Crippen LogP contribution in [0.3, 0.4) is 0 Å². The van der Waals surface area contributed by atoms with Crippen LogP contribution in [0.5, 0.6) is 0 Å².